The van der Waals surface area contributed by atoms with Gasteiger partial charge in [-0.15, -0.1) is 0 Å². The van der Waals surface area contributed by atoms with Crippen LogP contribution in [0.2, 0.25) is 5.02 Å². The van der Waals surface area contributed by atoms with E-state index in [-0.39, 0.29) is 12.3 Å². The third-order valence-electron chi connectivity index (χ3n) is 3.52. The Morgan fingerprint density at radius 3 is 3.00 bits per heavy atom. The first-order chi connectivity index (χ1) is 10.1. The van der Waals surface area contributed by atoms with E-state index in [1.807, 2.05) is 24.3 Å². The lowest BCUT2D eigenvalue weighted by molar-refractivity contribution is -0.139. The molecule has 0 unspecified atom stereocenters. The van der Waals surface area contributed by atoms with Crippen LogP contribution in [0.3, 0.4) is 0 Å². The largest absolute Gasteiger partial charge is 0.481 e. The zero-order chi connectivity index (χ0) is 14.8. The molecule has 110 valence electrons. The van der Waals surface area contributed by atoms with E-state index >= 15 is 0 Å². The number of carbonyl (C=O) groups is 1. The van der Waals surface area contributed by atoms with Crippen LogP contribution in [0.25, 0.3) is 11.3 Å². The number of hydrogen-bond donors (Lipinski definition) is 1. The third kappa shape index (κ3) is 3.43. The van der Waals surface area contributed by atoms with Crippen molar-refractivity contribution in [2.45, 2.75) is 13.0 Å². The van der Waals surface area contributed by atoms with Crippen molar-refractivity contribution < 1.29 is 14.3 Å². The van der Waals surface area contributed by atoms with Crippen molar-refractivity contribution in [3.8, 4) is 11.3 Å². The van der Waals surface area contributed by atoms with Crippen LogP contribution < -0.4 is 0 Å². The van der Waals surface area contributed by atoms with Crippen LogP contribution in [-0.2, 0) is 11.3 Å². The quantitative estimate of drug-likeness (QED) is 0.920. The second kappa shape index (κ2) is 5.87. The van der Waals surface area contributed by atoms with E-state index in [2.05, 4.69) is 9.88 Å². The van der Waals surface area contributed by atoms with Crippen molar-refractivity contribution in [2.24, 2.45) is 5.92 Å². The molecule has 21 heavy (non-hydrogen) atoms. The normalized spacial score (nSPS) is 15.9. The Morgan fingerprint density at radius 1 is 1.48 bits per heavy atom. The smallest absolute Gasteiger partial charge is 0.303 e. The van der Waals surface area contributed by atoms with E-state index in [0.717, 1.165) is 18.7 Å². The topological polar surface area (TPSA) is 66.6 Å². The van der Waals surface area contributed by atoms with Gasteiger partial charge in [0.05, 0.1) is 19.2 Å². The van der Waals surface area contributed by atoms with Crippen LogP contribution in [-0.4, -0.2) is 34.0 Å². The molecule has 0 saturated carbocycles. The summed E-state index contributed by atoms with van der Waals surface area (Å²) in [5, 5.41) is 9.37. The van der Waals surface area contributed by atoms with Crippen LogP contribution in [0.1, 0.15) is 12.3 Å². The lowest BCUT2D eigenvalue weighted by Crippen LogP contribution is -2.46. The molecular weight excluding hydrogens is 292 g/mol. The summed E-state index contributed by atoms with van der Waals surface area (Å²) in [5.41, 5.74) is 0.897. The van der Waals surface area contributed by atoms with Gasteiger partial charge >= 0.3 is 5.97 Å². The highest BCUT2D eigenvalue weighted by Gasteiger charge is 2.29. The molecule has 1 aromatic carbocycles. The standard InChI is InChI=1S/C15H15ClN2O3/c16-12-3-1-2-11(5-12)13-6-17-14(21-13)9-18-7-10(8-18)4-15(19)20/h1-3,5-6,10H,4,7-9H2,(H,19,20). The highest BCUT2D eigenvalue weighted by molar-refractivity contribution is 6.30. The van der Waals surface area contributed by atoms with Gasteiger partial charge < -0.3 is 9.52 Å². The molecule has 0 spiro atoms. The number of benzene rings is 1. The molecule has 1 aliphatic heterocycles. The first kappa shape index (κ1) is 14.1. The molecule has 1 aromatic heterocycles. The summed E-state index contributed by atoms with van der Waals surface area (Å²) < 4.78 is 5.72. The van der Waals surface area contributed by atoms with E-state index in [9.17, 15) is 4.79 Å². The van der Waals surface area contributed by atoms with Gasteiger partial charge in [-0.3, -0.25) is 9.69 Å². The first-order valence-electron chi connectivity index (χ1n) is 6.75. The molecule has 0 radical (unpaired) electrons. The molecule has 1 fully saturated rings. The van der Waals surface area contributed by atoms with Crippen molar-refractivity contribution in [1.29, 1.82) is 0 Å². The Balaban J connectivity index is 1.58. The lowest BCUT2D eigenvalue weighted by atomic mass is 9.97. The van der Waals surface area contributed by atoms with Crippen LogP contribution >= 0.6 is 11.6 Å². The minimum absolute atomic E-state index is 0.232. The van der Waals surface area contributed by atoms with Crippen molar-refractivity contribution in [1.82, 2.24) is 9.88 Å². The molecule has 2 heterocycles. The summed E-state index contributed by atoms with van der Waals surface area (Å²) in [6, 6.07) is 7.43. The molecule has 1 aliphatic rings. The Labute approximate surface area is 127 Å². The molecule has 1 saturated heterocycles. The van der Waals surface area contributed by atoms with Crippen molar-refractivity contribution >= 4 is 17.6 Å². The van der Waals surface area contributed by atoms with Crippen molar-refractivity contribution in [3.63, 3.8) is 0 Å². The molecule has 0 atom stereocenters. The van der Waals surface area contributed by atoms with Crippen LogP contribution in [0, 0.1) is 5.92 Å². The summed E-state index contributed by atoms with van der Waals surface area (Å²) in [6.45, 7) is 2.17. The SMILES string of the molecule is O=C(O)CC1CN(Cc2ncc(-c3cccc(Cl)c3)o2)C1. The van der Waals surface area contributed by atoms with E-state index in [4.69, 9.17) is 21.1 Å². The number of aromatic nitrogens is 1. The molecule has 2 aromatic rings. The maximum absolute atomic E-state index is 10.6. The van der Waals surface area contributed by atoms with Gasteiger partial charge in [-0.25, -0.2) is 4.98 Å². The number of rotatable bonds is 5. The molecule has 0 amide bonds. The van der Waals surface area contributed by atoms with Gasteiger partial charge in [0.2, 0.25) is 5.89 Å². The highest BCUT2D eigenvalue weighted by Crippen LogP contribution is 2.25. The predicted molar refractivity (Wildman–Crippen MR) is 78.0 cm³/mol. The number of aliphatic carboxylic acids is 1. The Hall–Kier alpha value is -1.85. The van der Waals surface area contributed by atoms with E-state index < -0.39 is 5.97 Å². The molecular formula is C15H15ClN2O3. The van der Waals surface area contributed by atoms with Crippen LogP contribution in [0.4, 0.5) is 0 Å². The van der Waals surface area contributed by atoms with Gasteiger partial charge in [0.1, 0.15) is 0 Å². The molecule has 6 heteroatoms. The van der Waals surface area contributed by atoms with Crippen molar-refractivity contribution in [2.75, 3.05) is 13.1 Å². The zero-order valence-electron chi connectivity index (χ0n) is 11.3. The minimum atomic E-state index is -0.737. The Bertz CT molecular complexity index is 650. The number of carboxylic acid groups (broad SMARTS) is 1. The summed E-state index contributed by atoms with van der Waals surface area (Å²) >= 11 is 5.96. The van der Waals surface area contributed by atoms with Gasteiger partial charge in [0.25, 0.3) is 0 Å². The minimum Gasteiger partial charge on any atom is -0.481 e. The number of likely N-dealkylation sites (tertiary alicyclic amines) is 1. The predicted octanol–water partition coefficient (Wildman–Crippen LogP) is 2.90. The monoisotopic (exact) mass is 306 g/mol. The molecule has 3 rings (SSSR count). The summed E-state index contributed by atoms with van der Waals surface area (Å²) in [7, 11) is 0. The van der Waals surface area contributed by atoms with Gasteiger partial charge in [0, 0.05) is 23.7 Å². The zero-order valence-corrected chi connectivity index (χ0v) is 12.1. The first-order valence-corrected chi connectivity index (χ1v) is 7.13. The van der Waals surface area contributed by atoms with E-state index in [1.165, 1.54) is 0 Å². The Kier molecular flexibility index (Phi) is 3.94. The molecule has 0 aliphatic carbocycles. The second-order valence-corrected chi connectivity index (χ2v) is 5.72. The second-order valence-electron chi connectivity index (χ2n) is 5.29. The summed E-state index contributed by atoms with van der Waals surface area (Å²) in [5.74, 6) is 0.831. The fraction of sp³-hybridized carbons (Fsp3) is 0.333. The van der Waals surface area contributed by atoms with Crippen LogP contribution in [0.5, 0.6) is 0 Å². The average molecular weight is 307 g/mol. The number of nitrogens with zero attached hydrogens (tertiary/aromatic N) is 2. The van der Waals surface area contributed by atoms with Crippen molar-refractivity contribution in [3.05, 3.63) is 41.4 Å². The lowest BCUT2D eigenvalue weighted by Gasteiger charge is -2.37. The molecule has 5 nitrogen and oxygen atoms in total. The number of halogens is 1. The Morgan fingerprint density at radius 2 is 2.29 bits per heavy atom. The summed E-state index contributed by atoms with van der Waals surface area (Å²) in [4.78, 5) is 17.0. The maximum Gasteiger partial charge on any atom is 0.303 e. The number of hydrogen-bond acceptors (Lipinski definition) is 4. The molecule has 1 N–H and O–H groups in total. The average Bonchev–Trinajstić information content (AvgIpc) is 2.84. The number of carboxylic acids is 1. The van der Waals surface area contributed by atoms with Gasteiger partial charge in [-0.2, -0.15) is 0 Å². The summed E-state index contributed by atoms with van der Waals surface area (Å²) in [6.07, 6.45) is 1.92. The van der Waals surface area contributed by atoms with E-state index in [1.54, 1.807) is 6.20 Å². The fourth-order valence-corrected chi connectivity index (χ4v) is 2.72. The molecule has 0 bridgehead atoms. The highest BCUT2D eigenvalue weighted by atomic mass is 35.5. The van der Waals surface area contributed by atoms with Crippen LogP contribution in [0.15, 0.2) is 34.9 Å². The fourth-order valence-electron chi connectivity index (χ4n) is 2.53. The van der Waals surface area contributed by atoms with Gasteiger partial charge in [0.15, 0.2) is 5.76 Å². The maximum atomic E-state index is 10.6. The van der Waals surface area contributed by atoms with E-state index in [0.29, 0.717) is 23.2 Å². The third-order valence-corrected chi connectivity index (χ3v) is 3.75. The van der Waals surface area contributed by atoms with Gasteiger partial charge in [-0.05, 0) is 18.1 Å². The van der Waals surface area contributed by atoms with Gasteiger partial charge in [-0.1, -0.05) is 23.7 Å². The number of oxazole rings is 1.